The Morgan fingerprint density at radius 3 is 2.95 bits per heavy atom. The summed E-state index contributed by atoms with van der Waals surface area (Å²) in [4.78, 5) is 12.0. The van der Waals surface area contributed by atoms with Gasteiger partial charge in [0.05, 0.1) is 13.2 Å². The zero-order valence-corrected chi connectivity index (χ0v) is 11.9. The molecule has 4 unspecified atom stereocenters. The molecule has 0 radical (unpaired) electrons. The average molecular weight is 270 g/mol. The Balaban J connectivity index is 1.80. The number of amides is 2. The predicted molar refractivity (Wildman–Crippen MR) is 72.9 cm³/mol. The summed E-state index contributed by atoms with van der Waals surface area (Å²) >= 11 is 0. The third kappa shape index (κ3) is 3.39. The van der Waals surface area contributed by atoms with Crippen LogP contribution < -0.4 is 10.6 Å². The van der Waals surface area contributed by atoms with Crippen LogP contribution in [0.2, 0.25) is 0 Å². The highest BCUT2D eigenvalue weighted by Crippen LogP contribution is 2.37. The van der Waals surface area contributed by atoms with Crippen LogP contribution in [-0.4, -0.2) is 43.0 Å². The molecule has 0 aromatic rings. The van der Waals surface area contributed by atoms with E-state index in [9.17, 15) is 9.90 Å². The van der Waals surface area contributed by atoms with Crippen molar-refractivity contribution < 1.29 is 14.6 Å². The number of aliphatic hydroxyl groups excluding tert-OH is 1. The van der Waals surface area contributed by atoms with E-state index >= 15 is 0 Å². The van der Waals surface area contributed by atoms with Gasteiger partial charge in [0, 0.05) is 30.0 Å². The molecule has 2 rings (SSSR count). The molecule has 3 N–H and O–H groups in total. The highest BCUT2D eigenvalue weighted by Gasteiger charge is 2.39. The van der Waals surface area contributed by atoms with Gasteiger partial charge < -0.3 is 20.5 Å². The predicted octanol–water partition coefficient (Wildman–Crippen LogP) is 1.26. The first-order chi connectivity index (χ1) is 9.05. The quantitative estimate of drug-likeness (QED) is 0.720. The Bertz CT molecular complexity index is 318. The van der Waals surface area contributed by atoms with Crippen LogP contribution in [-0.2, 0) is 4.74 Å². The van der Waals surface area contributed by atoms with Gasteiger partial charge in [0.1, 0.15) is 0 Å². The van der Waals surface area contributed by atoms with Crippen molar-refractivity contribution in [2.75, 3.05) is 19.8 Å². The Hall–Kier alpha value is -0.810. The molecule has 19 heavy (non-hydrogen) atoms. The highest BCUT2D eigenvalue weighted by molar-refractivity contribution is 5.74. The Kier molecular flexibility index (Phi) is 4.68. The lowest BCUT2D eigenvalue weighted by molar-refractivity contribution is 0.120. The summed E-state index contributed by atoms with van der Waals surface area (Å²) in [5, 5.41) is 15.5. The van der Waals surface area contributed by atoms with Crippen molar-refractivity contribution in [3.05, 3.63) is 0 Å². The van der Waals surface area contributed by atoms with E-state index in [1.165, 1.54) is 0 Å². The molecule has 1 heterocycles. The maximum atomic E-state index is 12.0. The molecule has 5 heteroatoms. The number of urea groups is 1. The number of aliphatic hydroxyl groups is 1. The van der Waals surface area contributed by atoms with Crippen molar-refractivity contribution in [3.63, 3.8) is 0 Å². The summed E-state index contributed by atoms with van der Waals surface area (Å²) in [7, 11) is 0. The van der Waals surface area contributed by atoms with Crippen LogP contribution in [0, 0.1) is 11.3 Å². The zero-order valence-electron chi connectivity index (χ0n) is 11.9. The summed E-state index contributed by atoms with van der Waals surface area (Å²) in [6.07, 6.45) is 4.00. The van der Waals surface area contributed by atoms with Crippen molar-refractivity contribution in [2.45, 2.75) is 51.6 Å². The molecule has 110 valence electrons. The molecule has 1 saturated carbocycles. The van der Waals surface area contributed by atoms with E-state index in [-0.39, 0.29) is 30.1 Å². The van der Waals surface area contributed by atoms with E-state index in [2.05, 4.69) is 10.6 Å². The molecule has 4 atom stereocenters. The van der Waals surface area contributed by atoms with Crippen LogP contribution >= 0.6 is 0 Å². The smallest absolute Gasteiger partial charge is 0.315 e. The van der Waals surface area contributed by atoms with Crippen LogP contribution in [0.4, 0.5) is 4.79 Å². The first-order valence-electron chi connectivity index (χ1n) is 7.31. The van der Waals surface area contributed by atoms with Crippen molar-refractivity contribution in [3.8, 4) is 0 Å². The van der Waals surface area contributed by atoms with Crippen molar-refractivity contribution in [2.24, 2.45) is 11.3 Å². The van der Waals surface area contributed by atoms with Crippen LogP contribution in [0.15, 0.2) is 0 Å². The van der Waals surface area contributed by atoms with Crippen molar-refractivity contribution in [1.29, 1.82) is 0 Å². The highest BCUT2D eigenvalue weighted by atomic mass is 16.5. The average Bonchev–Trinajstić information content (AvgIpc) is 3.00. The minimum atomic E-state index is -0.170. The summed E-state index contributed by atoms with van der Waals surface area (Å²) in [6, 6.07) is 0.0831. The molecule has 0 spiro atoms. The maximum Gasteiger partial charge on any atom is 0.315 e. The number of nitrogens with one attached hydrogen (secondary N) is 2. The summed E-state index contributed by atoms with van der Waals surface area (Å²) in [5.41, 5.74) is -0.170. The minimum Gasteiger partial charge on any atom is -0.396 e. The standard InChI is InChI=1S/C14H26N2O3/c1-10(11-5-7-19-8-11)15-13(18)16-12-4-3-6-14(12,2)9-17/h10-12,17H,3-9H2,1-2H3,(H2,15,16,18). The van der Waals surface area contributed by atoms with Gasteiger partial charge in [0.15, 0.2) is 0 Å². The molecule has 1 aliphatic heterocycles. The number of carbonyl (C=O) groups excluding carboxylic acids is 1. The van der Waals surface area contributed by atoms with E-state index in [1.807, 2.05) is 13.8 Å². The normalized spacial score (nSPS) is 36.2. The lowest BCUT2D eigenvalue weighted by Gasteiger charge is -2.31. The third-order valence-corrected chi connectivity index (χ3v) is 4.78. The summed E-state index contributed by atoms with van der Waals surface area (Å²) in [6.45, 7) is 5.73. The van der Waals surface area contributed by atoms with E-state index < -0.39 is 0 Å². The van der Waals surface area contributed by atoms with Crippen molar-refractivity contribution >= 4 is 6.03 Å². The van der Waals surface area contributed by atoms with Crippen LogP contribution in [0.5, 0.6) is 0 Å². The first-order valence-corrected chi connectivity index (χ1v) is 7.31. The Labute approximate surface area is 115 Å². The van der Waals surface area contributed by atoms with Gasteiger partial charge in [0.25, 0.3) is 0 Å². The zero-order chi connectivity index (χ0) is 13.9. The fourth-order valence-electron chi connectivity index (χ4n) is 3.14. The van der Waals surface area contributed by atoms with Crippen LogP contribution in [0.25, 0.3) is 0 Å². The molecule has 5 nitrogen and oxygen atoms in total. The molecule has 0 aromatic heterocycles. The Morgan fingerprint density at radius 1 is 1.53 bits per heavy atom. The molecule has 1 saturated heterocycles. The maximum absolute atomic E-state index is 12.0. The van der Waals surface area contributed by atoms with Crippen LogP contribution in [0.1, 0.15) is 39.5 Å². The second kappa shape index (κ2) is 6.09. The van der Waals surface area contributed by atoms with Gasteiger partial charge in [-0.1, -0.05) is 13.3 Å². The van der Waals surface area contributed by atoms with Crippen LogP contribution in [0.3, 0.4) is 0 Å². The molecule has 2 aliphatic rings. The van der Waals surface area contributed by atoms with Gasteiger partial charge in [-0.25, -0.2) is 4.79 Å². The van der Waals surface area contributed by atoms with E-state index in [1.54, 1.807) is 0 Å². The first kappa shape index (κ1) is 14.6. The number of hydrogen-bond acceptors (Lipinski definition) is 3. The van der Waals surface area contributed by atoms with Gasteiger partial charge in [0.2, 0.25) is 0 Å². The number of rotatable bonds is 4. The number of ether oxygens (including phenoxy) is 1. The van der Waals surface area contributed by atoms with Gasteiger partial charge >= 0.3 is 6.03 Å². The molecule has 0 aromatic carbocycles. The lowest BCUT2D eigenvalue weighted by atomic mass is 9.86. The molecular weight excluding hydrogens is 244 g/mol. The third-order valence-electron chi connectivity index (χ3n) is 4.78. The van der Waals surface area contributed by atoms with Crippen molar-refractivity contribution in [1.82, 2.24) is 10.6 Å². The molecule has 2 fully saturated rings. The largest absolute Gasteiger partial charge is 0.396 e. The second-order valence-corrected chi connectivity index (χ2v) is 6.29. The lowest BCUT2D eigenvalue weighted by Crippen LogP contribution is -2.51. The van der Waals surface area contributed by atoms with Gasteiger partial charge in [-0.2, -0.15) is 0 Å². The SMILES string of the molecule is CC(NC(=O)NC1CCCC1(C)CO)C1CCOC1. The topological polar surface area (TPSA) is 70.6 Å². The summed E-state index contributed by atoms with van der Waals surface area (Å²) in [5.74, 6) is 0.415. The molecular formula is C14H26N2O3. The number of hydrogen-bond donors (Lipinski definition) is 3. The molecule has 2 amide bonds. The minimum absolute atomic E-state index is 0.0736. The number of carbonyl (C=O) groups is 1. The monoisotopic (exact) mass is 270 g/mol. The van der Waals surface area contributed by atoms with E-state index in [0.29, 0.717) is 5.92 Å². The molecule has 0 bridgehead atoms. The molecule has 1 aliphatic carbocycles. The van der Waals surface area contributed by atoms with Gasteiger partial charge in [-0.15, -0.1) is 0 Å². The van der Waals surface area contributed by atoms with E-state index in [0.717, 1.165) is 38.9 Å². The summed E-state index contributed by atoms with van der Waals surface area (Å²) < 4.78 is 5.34. The van der Waals surface area contributed by atoms with E-state index in [4.69, 9.17) is 4.74 Å². The Morgan fingerprint density at radius 2 is 2.32 bits per heavy atom. The fraction of sp³-hybridized carbons (Fsp3) is 0.929. The van der Waals surface area contributed by atoms with Gasteiger partial charge in [-0.05, 0) is 26.2 Å². The fourth-order valence-corrected chi connectivity index (χ4v) is 3.14. The van der Waals surface area contributed by atoms with Gasteiger partial charge in [-0.3, -0.25) is 0 Å². The second-order valence-electron chi connectivity index (χ2n) is 6.29.